The number of alkyl halides is 3. The Labute approximate surface area is 194 Å². The topological polar surface area (TPSA) is 87.0 Å². The fraction of sp³-hybridized carbons (Fsp3) is 0.130. The number of fused-ring (bicyclic) bond motifs is 1. The van der Waals surface area contributed by atoms with Crippen molar-refractivity contribution in [2.45, 2.75) is 23.6 Å². The first kappa shape index (κ1) is 22.0. The molecule has 0 atom stereocenters. The molecule has 0 N–H and O–H groups in total. The van der Waals surface area contributed by atoms with Gasteiger partial charge in [0.1, 0.15) is 5.76 Å². The van der Waals surface area contributed by atoms with Crippen LogP contribution in [0.25, 0.3) is 22.3 Å². The van der Waals surface area contributed by atoms with Gasteiger partial charge in [0.05, 0.1) is 35.0 Å². The third-order valence-corrected chi connectivity index (χ3v) is 5.92. The van der Waals surface area contributed by atoms with Gasteiger partial charge in [-0.3, -0.25) is 9.36 Å². The molecule has 172 valence electrons. The van der Waals surface area contributed by atoms with Gasteiger partial charge in [-0.25, -0.2) is 4.98 Å². The number of aromatic nitrogens is 4. The van der Waals surface area contributed by atoms with Crippen LogP contribution < -0.4 is 5.56 Å². The standard InChI is InChI=1S/C23H15F3N4O3S/c24-23(25,26)15-6-3-5-14(11-15)20-28-19(33-29-20)13-34-22-27-18-9-2-1-8-17(18)21(31)30(22)12-16-7-4-10-32-16/h1-11H,12-13H2. The Morgan fingerprint density at radius 1 is 1.00 bits per heavy atom. The zero-order valence-electron chi connectivity index (χ0n) is 17.3. The van der Waals surface area contributed by atoms with Crippen molar-refractivity contribution >= 4 is 22.7 Å². The zero-order valence-corrected chi connectivity index (χ0v) is 18.1. The second kappa shape index (κ2) is 8.82. The molecule has 5 rings (SSSR count). The van der Waals surface area contributed by atoms with Crippen LogP contribution in [0.4, 0.5) is 13.2 Å². The SMILES string of the molecule is O=c1c2ccccc2nc(SCc2nc(-c3cccc(C(F)(F)F)c3)no2)n1Cc1ccco1. The molecule has 0 radical (unpaired) electrons. The van der Waals surface area contributed by atoms with Gasteiger partial charge in [-0.1, -0.05) is 41.2 Å². The molecule has 5 aromatic rings. The fourth-order valence-electron chi connectivity index (χ4n) is 3.35. The number of furan rings is 1. The first-order valence-corrected chi connectivity index (χ1v) is 11.0. The lowest BCUT2D eigenvalue weighted by Gasteiger charge is -2.11. The van der Waals surface area contributed by atoms with Crippen LogP contribution in [0.5, 0.6) is 0 Å². The van der Waals surface area contributed by atoms with E-state index in [1.165, 1.54) is 34.7 Å². The maximum Gasteiger partial charge on any atom is 0.416 e. The molecule has 0 amide bonds. The summed E-state index contributed by atoms with van der Waals surface area (Å²) in [4.78, 5) is 21.9. The van der Waals surface area contributed by atoms with Crippen LogP contribution in [0.2, 0.25) is 0 Å². The van der Waals surface area contributed by atoms with Crippen LogP contribution in [0.3, 0.4) is 0 Å². The predicted octanol–water partition coefficient (Wildman–Crippen LogP) is 5.40. The van der Waals surface area contributed by atoms with Crippen molar-refractivity contribution in [3.63, 3.8) is 0 Å². The Morgan fingerprint density at radius 2 is 1.85 bits per heavy atom. The number of hydrogen-bond acceptors (Lipinski definition) is 7. The quantitative estimate of drug-likeness (QED) is 0.236. The van der Waals surface area contributed by atoms with Crippen LogP contribution in [-0.2, 0) is 18.5 Å². The van der Waals surface area contributed by atoms with Crippen molar-refractivity contribution < 1.29 is 22.1 Å². The molecule has 0 spiro atoms. The summed E-state index contributed by atoms with van der Waals surface area (Å²) in [7, 11) is 0. The first-order chi connectivity index (χ1) is 16.4. The van der Waals surface area contributed by atoms with Gasteiger partial charge in [-0.2, -0.15) is 18.2 Å². The summed E-state index contributed by atoms with van der Waals surface area (Å²) in [6.07, 6.45) is -2.95. The largest absolute Gasteiger partial charge is 0.467 e. The van der Waals surface area contributed by atoms with E-state index in [1.54, 1.807) is 36.4 Å². The van der Waals surface area contributed by atoms with Gasteiger partial charge in [-0.15, -0.1) is 0 Å². The lowest BCUT2D eigenvalue weighted by Crippen LogP contribution is -2.23. The highest BCUT2D eigenvalue weighted by molar-refractivity contribution is 7.98. The van der Waals surface area contributed by atoms with Gasteiger partial charge < -0.3 is 8.94 Å². The molecule has 3 aromatic heterocycles. The molecular formula is C23H15F3N4O3S. The molecule has 7 nitrogen and oxygen atoms in total. The van der Waals surface area contributed by atoms with Crippen LogP contribution in [0, 0.1) is 0 Å². The smallest absolute Gasteiger partial charge is 0.416 e. The van der Waals surface area contributed by atoms with Gasteiger partial charge >= 0.3 is 6.18 Å². The summed E-state index contributed by atoms with van der Waals surface area (Å²) in [6, 6.07) is 15.2. The Bertz CT molecular complexity index is 1510. The van der Waals surface area contributed by atoms with Crippen molar-refractivity contribution in [3.05, 3.63) is 94.5 Å². The average molecular weight is 484 g/mol. The number of benzene rings is 2. The van der Waals surface area contributed by atoms with E-state index in [9.17, 15) is 18.0 Å². The summed E-state index contributed by atoms with van der Waals surface area (Å²) in [5.74, 6) is 0.978. The van der Waals surface area contributed by atoms with E-state index >= 15 is 0 Å². The molecule has 2 aromatic carbocycles. The molecule has 0 fully saturated rings. The van der Waals surface area contributed by atoms with E-state index in [2.05, 4.69) is 15.1 Å². The number of halogens is 3. The molecule has 0 aliphatic rings. The Balaban J connectivity index is 1.43. The van der Waals surface area contributed by atoms with E-state index in [-0.39, 0.29) is 35.1 Å². The van der Waals surface area contributed by atoms with Crippen molar-refractivity contribution in [1.29, 1.82) is 0 Å². The molecule has 0 aliphatic heterocycles. The van der Waals surface area contributed by atoms with Crippen LogP contribution in [0.1, 0.15) is 17.2 Å². The summed E-state index contributed by atoms with van der Waals surface area (Å²) < 4.78 is 51.1. The zero-order chi connectivity index (χ0) is 23.7. The Hall–Kier alpha value is -3.86. The maximum atomic E-state index is 13.1. The molecular weight excluding hydrogens is 469 g/mol. The number of para-hydroxylation sites is 1. The van der Waals surface area contributed by atoms with E-state index in [4.69, 9.17) is 8.94 Å². The van der Waals surface area contributed by atoms with Crippen molar-refractivity contribution in [3.8, 4) is 11.4 Å². The summed E-state index contributed by atoms with van der Waals surface area (Å²) >= 11 is 1.20. The van der Waals surface area contributed by atoms with Gasteiger partial charge in [0.2, 0.25) is 11.7 Å². The minimum absolute atomic E-state index is 0.0427. The third-order valence-electron chi connectivity index (χ3n) is 4.96. The minimum Gasteiger partial charge on any atom is -0.467 e. The second-order valence-corrected chi connectivity index (χ2v) is 8.20. The lowest BCUT2D eigenvalue weighted by atomic mass is 10.1. The molecule has 3 heterocycles. The van der Waals surface area contributed by atoms with Crippen molar-refractivity contribution in [2.75, 3.05) is 0 Å². The monoisotopic (exact) mass is 484 g/mol. The number of thioether (sulfide) groups is 1. The fourth-order valence-corrected chi connectivity index (χ4v) is 4.18. The van der Waals surface area contributed by atoms with E-state index in [1.807, 2.05) is 0 Å². The van der Waals surface area contributed by atoms with Crippen LogP contribution in [0.15, 0.2) is 85.8 Å². The highest BCUT2D eigenvalue weighted by Gasteiger charge is 2.30. The average Bonchev–Trinajstić information content (AvgIpc) is 3.52. The summed E-state index contributed by atoms with van der Waals surface area (Å²) in [5.41, 5.74) is -0.290. The lowest BCUT2D eigenvalue weighted by molar-refractivity contribution is -0.137. The molecule has 0 unspecified atom stereocenters. The maximum absolute atomic E-state index is 13.1. The molecule has 0 aliphatic carbocycles. The normalized spacial score (nSPS) is 11.9. The number of nitrogens with zero attached hydrogens (tertiary/aromatic N) is 4. The van der Waals surface area contributed by atoms with Gasteiger partial charge in [0.15, 0.2) is 5.16 Å². The molecule has 11 heteroatoms. The summed E-state index contributed by atoms with van der Waals surface area (Å²) in [6.45, 7) is 0.186. The number of rotatable bonds is 6. The van der Waals surface area contributed by atoms with Gasteiger partial charge in [0, 0.05) is 5.56 Å². The molecule has 0 saturated heterocycles. The highest BCUT2D eigenvalue weighted by Crippen LogP contribution is 2.32. The number of hydrogen-bond donors (Lipinski definition) is 0. The Kier molecular flexibility index (Phi) is 5.70. The first-order valence-electron chi connectivity index (χ1n) is 10.0. The third kappa shape index (κ3) is 4.46. The molecule has 34 heavy (non-hydrogen) atoms. The second-order valence-electron chi connectivity index (χ2n) is 7.26. The van der Waals surface area contributed by atoms with E-state index in [0.717, 1.165) is 12.1 Å². The van der Waals surface area contributed by atoms with Crippen LogP contribution in [-0.4, -0.2) is 19.7 Å². The van der Waals surface area contributed by atoms with Gasteiger partial charge in [-0.05, 0) is 36.4 Å². The van der Waals surface area contributed by atoms with Crippen LogP contribution >= 0.6 is 11.8 Å². The predicted molar refractivity (Wildman–Crippen MR) is 118 cm³/mol. The van der Waals surface area contributed by atoms with E-state index in [0.29, 0.717) is 21.8 Å². The molecule has 0 saturated carbocycles. The highest BCUT2D eigenvalue weighted by atomic mass is 32.2. The van der Waals surface area contributed by atoms with Crippen molar-refractivity contribution in [2.24, 2.45) is 0 Å². The minimum atomic E-state index is -4.47. The molecule has 0 bridgehead atoms. The van der Waals surface area contributed by atoms with E-state index < -0.39 is 11.7 Å². The Morgan fingerprint density at radius 3 is 2.65 bits per heavy atom. The van der Waals surface area contributed by atoms with Gasteiger partial charge in [0.25, 0.3) is 5.56 Å². The summed E-state index contributed by atoms with van der Waals surface area (Å²) in [5, 5.41) is 4.69. The van der Waals surface area contributed by atoms with Crippen molar-refractivity contribution in [1.82, 2.24) is 19.7 Å².